The Bertz CT molecular complexity index is 306. The molecule has 0 fully saturated rings. The van der Waals surface area contributed by atoms with Gasteiger partial charge >= 0.3 is 0 Å². The van der Waals surface area contributed by atoms with E-state index in [-0.39, 0.29) is 6.54 Å². The van der Waals surface area contributed by atoms with E-state index in [2.05, 4.69) is 21.2 Å². The average Bonchev–Trinajstić information content (AvgIpc) is 2.13. The van der Waals surface area contributed by atoms with E-state index >= 15 is 0 Å². The van der Waals surface area contributed by atoms with E-state index < -0.39 is 6.67 Å². The molecular formula is C8H7BrCl2FN. The van der Waals surface area contributed by atoms with E-state index in [0.717, 1.165) is 4.47 Å². The third-order valence-corrected chi connectivity index (χ3v) is 3.22. The second kappa shape index (κ2) is 5.03. The van der Waals surface area contributed by atoms with Crippen LogP contribution in [-0.4, -0.2) is 13.2 Å². The molecule has 1 rings (SSSR count). The van der Waals surface area contributed by atoms with Crippen molar-refractivity contribution in [1.29, 1.82) is 0 Å². The van der Waals surface area contributed by atoms with Crippen molar-refractivity contribution in [2.75, 3.05) is 18.5 Å². The molecular weight excluding hydrogens is 280 g/mol. The maximum Gasteiger partial charge on any atom is 0.107 e. The summed E-state index contributed by atoms with van der Waals surface area (Å²) in [6.07, 6.45) is 0. The molecule has 0 unspecified atom stereocenters. The molecule has 1 nitrogen and oxygen atoms in total. The van der Waals surface area contributed by atoms with E-state index in [0.29, 0.717) is 15.7 Å². The summed E-state index contributed by atoms with van der Waals surface area (Å²) in [5, 5.41) is 3.66. The molecule has 72 valence electrons. The maximum absolute atomic E-state index is 11.8. The van der Waals surface area contributed by atoms with Crippen molar-refractivity contribution in [3.05, 3.63) is 26.7 Å². The van der Waals surface area contributed by atoms with Crippen LogP contribution < -0.4 is 5.32 Å². The van der Waals surface area contributed by atoms with Crippen LogP contribution in [0.25, 0.3) is 0 Å². The quantitative estimate of drug-likeness (QED) is 0.824. The molecule has 0 saturated heterocycles. The van der Waals surface area contributed by atoms with Gasteiger partial charge in [-0.3, -0.25) is 0 Å². The number of anilines is 1. The van der Waals surface area contributed by atoms with Crippen LogP contribution >= 0.6 is 39.1 Å². The first kappa shape index (κ1) is 11.1. The van der Waals surface area contributed by atoms with Gasteiger partial charge in [-0.25, -0.2) is 4.39 Å². The first-order valence-electron chi connectivity index (χ1n) is 3.60. The van der Waals surface area contributed by atoms with Gasteiger partial charge in [0.1, 0.15) is 6.67 Å². The highest BCUT2D eigenvalue weighted by Gasteiger charge is 2.07. The van der Waals surface area contributed by atoms with Gasteiger partial charge < -0.3 is 5.32 Å². The summed E-state index contributed by atoms with van der Waals surface area (Å²) in [5.41, 5.74) is 0.646. The molecule has 0 amide bonds. The normalized spacial score (nSPS) is 10.2. The van der Waals surface area contributed by atoms with Gasteiger partial charge in [0.2, 0.25) is 0 Å². The van der Waals surface area contributed by atoms with Crippen LogP contribution in [0.1, 0.15) is 0 Å². The van der Waals surface area contributed by atoms with Crippen LogP contribution in [0.2, 0.25) is 10.0 Å². The van der Waals surface area contributed by atoms with Crippen LogP contribution in [0.4, 0.5) is 10.1 Å². The molecule has 1 aromatic carbocycles. The van der Waals surface area contributed by atoms with Crippen molar-refractivity contribution in [3.63, 3.8) is 0 Å². The van der Waals surface area contributed by atoms with Gasteiger partial charge in [0, 0.05) is 11.0 Å². The molecule has 1 N–H and O–H groups in total. The van der Waals surface area contributed by atoms with E-state index in [1.165, 1.54) is 0 Å². The molecule has 0 radical (unpaired) electrons. The van der Waals surface area contributed by atoms with Gasteiger partial charge in [0.15, 0.2) is 0 Å². The first-order chi connectivity index (χ1) is 6.16. The Morgan fingerprint density at radius 1 is 1.31 bits per heavy atom. The van der Waals surface area contributed by atoms with Crippen molar-refractivity contribution < 1.29 is 4.39 Å². The third kappa shape index (κ3) is 2.73. The molecule has 0 aromatic heterocycles. The smallest absolute Gasteiger partial charge is 0.107 e. The molecule has 0 aliphatic carbocycles. The maximum atomic E-state index is 11.8. The highest BCUT2D eigenvalue weighted by molar-refractivity contribution is 9.10. The second-order valence-corrected chi connectivity index (χ2v) is 3.95. The van der Waals surface area contributed by atoms with Crippen molar-refractivity contribution in [2.24, 2.45) is 0 Å². The van der Waals surface area contributed by atoms with Gasteiger partial charge in [-0.05, 0) is 28.1 Å². The van der Waals surface area contributed by atoms with Crippen molar-refractivity contribution in [3.8, 4) is 0 Å². The number of benzene rings is 1. The van der Waals surface area contributed by atoms with E-state index in [1.807, 2.05) is 0 Å². The number of hydrogen-bond acceptors (Lipinski definition) is 1. The Kier molecular flexibility index (Phi) is 4.29. The van der Waals surface area contributed by atoms with Crippen LogP contribution in [-0.2, 0) is 0 Å². The standard InChI is InChI=1S/C8H7BrCl2FN/c9-5-1-2-6(13-4-3-12)8(11)7(5)10/h1-2,13H,3-4H2. The van der Waals surface area contributed by atoms with E-state index in [4.69, 9.17) is 23.2 Å². The van der Waals surface area contributed by atoms with Gasteiger partial charge in [-0.15, -0.1) is 0 Å². The molecule has 0 atom stereocenters. The van der Waals surface area contributed by atoms with Gasteiger partial charge in [-0.2, -0.15) is 0 Å². The van der Waals surface area contributed by atoms with Crippen LogP contribution in [0, 0.1) is 0 Å². The van der Waals surface area contributed by atoms with Gasteiger partial charge in [0.25, 0.3) is 0 Å². The fourth-order valence-corrected chi connectivity index (χ4v) is 1.69. The predicted octanol–water partition coefficient (Wildman–Crippen LogP) is 4.14. The molecule has 0 heterocycles. The molecule has 13 heavy (non-hydrogen) atoms. The lowest BCUT2D eigenvalue weighted by atomic mass is 10.3. The Balaban J connectivity index is 2.90. The molecule has 0 aliphatic heterocycles. The summed E-state index contributed by atoms with van der Waals surface area (Å²) in [6.45, 7) is -0.207. The molecule has 0 saturated carbocycles. The Morgan fingerprint density at radius 3 is 2.62 bits per heavy atom. The number of alkyl halides is 1. The number of rotatable bonds is 3. The zero-order chi connectivity index (χ0) is 9.84. The lowest BCUT2D eigenvalue weighted by Gasteiger charge is -2.08. The minimum Gasteiger partial charge on any atom is -0.381 e. The van der Waals surface area contributed by atoms with E-state index in [1.54, 1.807) is 12.1 Å². The number of hydrogen-bond donors (Lipinski definition) is 1. The van der Waals surface area contributed by atoms with Crippen LogP contribution in [0.15, 0.2) is 16.6 Å². The second-order valence-electron chi connectivity index (χ2n) is 2.34. The minimum absolute atomic E-state index is 0.234. The summed E-state index contributed by atoms with van der Waals surface area (Å²) >= 11 is 15.0. The molecule has 0 bridgehead atoms. The molecule has 5 heteroatoms. The molecule has 0 spiro atoms. The predicted molar refractivity (Wildman–Crippen MR) is 58.6 cm³/mol. The van der Waals surface area contributed by atoms with Crippen LogP contribution in [0.3, 0.4) is 0 Å². The summed E-state index contributed by atoms with van der Waals surface area (Å²) in [6, 6.07) is 3.50. The highest BCUT2D eigenvalue weighted by atomic mass is 79.9. The largest absolute Gasteiger partial charge is 0.381 e. The summed E-state index contributed by atoms with van der Waals surface area (Å²) in [5.74, 6) is 0. The molecule has 1 aromatic rings. The summed E-state index contributed by atoms with van der Waals surface area (Å²) in [4.78, 5) is 0. The Morgan fingerprint density at radius 2 is 2.00 bits per heavy atom. The summed E-state index contributed by atoms with van der Waals surface area (Å²) < 4.78 is 12.6. The lowest BCUT2D eigenvalue weighted by Crippen LogP contribution is -2.03. The number of nitrogens with one attached hydrogen (secondary N) is 1. The average molecular weight is 287 g/mol. The van der Waals surface area contributed by atoms with Crippen LogP contribution in [0.5, 0.6) is 0 Å². The zero-order valence-corrected chi connectivity index (χ0v) is 9.68. The fraction of sp³-hybridized carbons (Fsp3) is 0.250. The Hall–Kier alpha value is 0.01000. The SMILES string of the molecule is FCCNc1ccc(Br)c(Cl)c1Cl. The molecule has 0 aliphatic rings. The van der Waals surface area contributed by atoms with E-state index in [9.17, 15) is 4.39 Å². The topological polar surface area (TPSA) is 12.0 Å². The van der Waals surface area contributed by atoms with Crippen molar-refractivity contribution >= 4 is 44.8 Å². The zero-order valence-electron chi connectivity index (χ0n) is 6.58. The monoisotopic (exact) mass is 285 g/mol. The van der Waals surface area contributed by atoms with Gasteiger partial charge in [-0.1, -0.05) is 23.2 Å². The number of halogens is 4. The first-order valence-corrected chi connectivity index (χ1v) is 5.15. The van der Waals surface area contributed by atoms with Crippen molar-refractivity contribution in [2.45, 2.75) is 0 Å². The minimum atomic E-state index is -0.440. The Labute approximate surface area is 94.4 Å². The lowest BCUT2D eigenvalue weighted by molar-refractivity contribution is 0.513. The van der Waals surface area contributed by atoms with Crippen molar-refractivity contribution in [1.82, 2.24) is 0 Å². The third-order valence-electron chi connectivity index (χ3n) is 1.45. The fourth-order valence-electron chi connectivity index (χ4n) is 0.844. The van der Waals surface area contributed by atoms with Gasteiger partial charge in [0.05, 0.1) is 15.7 Å². The highest BCUT2D eigenvalue weighted by Crippen LogP contribution is 2.35. The summed E-state index contributed by atoms with van der Waals surface area (Å²) in [7, 11) is 0.